The Hall–Kier alpha value is -0.870. The second-order valence-electron chi connectivity index (χ2n) is 3.43. The molecule has 2 rings (SSSR count). The Balaban J connectivity index is 2.14. The summed E-state index contributed by atoms with van der Waals surface area (Å²) in [6, 6.07) is 1.81. The van der Waals surface area contributed by atoms with E-state index in [0.717, 1.165) is 25.2 Å². The fourth-order valence-electron chi connectivity index (χ4n) is 1.67. The van der Waals surface area contributed by atoms with Crippen LogP contribution < -0.4 is 4.90 Å². The monoisotopic (exact) mass is 213 g/mol. The number of β-amino-alcohol motifs (C(OH)–C–C–N with tert-alkyl or cyclic N) is 1. The van der Waals surface area contributed by atoms with Gasteiger partial charge in [0.25, 0.3) is 0 Å². The number of nitrogens with zero attached hydrogens (tertiary/aromatic N) is 3. The summed E-state index contributed by atoms with van der Waals surface area (Å²) in [5, 5.41) is 9.74. The van der Waals surface area contributed by atoms with Crippen molar-refractivity contribution in [3.05, 3.63) is 17.5 Å². The van der Waals surface area contributed by atoms with Crippen molar-refractivity contribution in [2.24, 2.45) is 0 Å². The SMILES string of the molecule is O[C@H]1CCCN(c2ccnc(Cl)n2)C1. The Morgan fingerprint density at radius 3 is 3.14 bits per heavy atom. The first kappa shape index (κ1) is 9.68. The first-order chi connectivity index (χ1) is 6.75. The molecule has 1 fully saturated rings. The van der Waals surface area contributed by atoms with Gasteiger partial charge in [0.05, 0.1) is 6.10 Å². The molecule has 1 aliphatic heterocycles. The van der Waals surface area contributed by atoms with Crippen LogP contribution in [0, 0.1) is 0 Å². The number of hydrogen-bond donors (Lipinski definition) is 1. The van der Waals surface area contributed by atoms with Gasteiger partial charge in [-0.1, -0.05) is 0 Å². The summed E-state index contributed by atoms with van der Waals surface area (Å²) >= 11 is 5.69. The molecule has 0 saturated carbocycles. The number of piperidine rings is 1. The molecule has 1 saturated heterocycles. The fourth-order valence-corrected chi connectivity index (χ4v) is 1.81. The van der Waals surface area contributed by atoms with Gasteiger partial charge in [0.2, 0.25) is 5.28 Å². The van der Waals surface area contributed by atoms with Crippen LogP contribution in [0.5, 0.6) is 0 Å². The maximum atomic E-state index is 9.49. The zero-order chi connectivity index (χ0) is 9.97. The van der Waals surface area contributed by atoms with E-state index in [0.29, 0.717) is 6.54 Å². The van der Waals surface area contributed by atoms with Crippen molar-refractivity contribution in [3.8, 4) is 0 Å². The van der Waals surface area contributed by atoms with Crippen molar-refractivity contribution < 1.29 is 5.11 Å². The van der Waals surface area contributed by atoms with Crippen LogP contribution in [0.4, 0.5) is 5.82 Å². The third kappa shape index (κ3) is 2.13. The largest absolute Gasteiger partial charge is 0.391 e. The summed E-state index contributed by atoms with van der Waals surface area (Å²) in [6.07, 6.45) is 3.24. The van der Waals surface area contributed by atoms with Crippen LogP contribution in [-0.4, -0.2) is 34.3 Å². The van der Waals surface area contributed by atoms with Gasteiger partial charge in [-0.15, -0.1) is 0 Å². The molecule has 1 atom stereocenters. The maximum absolute atomic E-state index is 9.49. The van der Waals surface area contributed by atoms with Crippen molar-refractivity contribution in [2.45, 2.75) is 18.9 Å². The molecule has 1 aliphatic rings. The summed E-state index contributed by atoms with van der Waals surface area (Å²) in [5.74, 6) is 0.795. The molecule has 4 nitrogen and oxygen atoms in total. The van der Waals surface area contributed by atoms with Crippen LogP contribution >= 0.6 is 11.6 Å². The molecular formula is C9H12ClN3O. The first-order valence-corrected chi connectivity index (χ1v) is 5.05. The number of aliphatic hydroxyl groups is 1. The number of aliphatic hydroxyl groups excluding tert-OH is 1. The van der Waals surface area contributed by atoms with Crippen LogP contribution in [0.2, 0.25) is 5.28 Å². The predicted molar refractivity (Wildman–Crippen MR) is 54.5 cm³/mol. The Labute approximate surface area is 87.5 Å². The molecule has 2 heterocycles. The van der Waals surface area contributed by atoms with E-state index in [4.69, 9.17) is 11.6 Å². The zero-order valence-corrected chi connectivity index (χ0v) is 8.48. The zero-order valence-electron chi connectivity index (χ0n) is 7.73. The van der Waals surface area contributed by atoms with Crippen molar-refractivity contribution in [3.63, 3.8) is 0 Å². The number of aromatic nitrogens is 2. The highest BCUT2D eigenvalue weighted by atomic mass is 35.5. The molecule has 0 aromatic carbocycles. The van der Waals surface area contributed by atoms with E-state index >= 15 is 0 Å². The summed E-state index contributed by atoms with van der Waals surface area (Å²) in [6.45, 7) is 1.55. The number of anilines is 1. The molecule has 0 bridgehead atoms. The van der Waals surface area contributed by atoms with E-state index in [-0.39, 0.29) is 11.4 Å². The average molecular weight is 214 g/mol. The molecule has 0 aliphatic carbocycles. The van der Waals surface area contributed by atoms with Gasteiger partial charge in [-0.05, 0) is 30.5 Å². The summed E-state index contributed by atoms with van der Waals surface area (Å²) < 4.78 is 0. The molecule has 0 spiro atoms. The Morgan fingerprint density at radius 2 is 2.43 bits per heavy atom. The summed E-state index contributed by atoms with van der Waals surface area (Å²) in [7, 11) is 0. The lowest BCUT2D eigenvalue weighted by Crippen LogP contribution is -2.38. The molecule has 1 aromatic heterocycles. The topological polar surface area (TPSA) is 49.2 Å². The number of hydrogen-bond acceptors (Lipinski definition) is 4. The quantitative estimate of drug-likeness (QED) is 0.710. The molecule has 1 N–H and O–H groups in total. The van der Waals surface area contributed by atoms with E-state index in [1.165, 1.54) is 0 Å². The lowest BCUT2D eigenvalue weighted by Gasteiger charge is -2.30. The third-order valence-corrected chi connectivity index (χ3v) is 2.51. The summed E-state index contributed by atoms with van der Waals surface area (Å²) in [4.78, 5) is 9.95. The van der Waals surface area contributed by atoms with Crippen LogP contribution in [0.3, 0.4) is 0 Å². The fraction of sp³-hybridized carbons (Fsp3) is 0.556. The molecule has 1 aromatic rings. The van der Waals surface area contributed by atoms with Gasteiger partial charge in [-0.3, -0.25) is 0 Å². The molecule has 0 radical (unpaired) electrons. The smallest absolute Gasteiger partial charge is 0.224 e. The molecule has 0 amide bonds. The van der Waals surface area contributed by atoms with E-state index < -0.39 is 0 Å². The van der Waals surface area contributed by atoms with E-state index in [9.17, 15) is 5.11 Å². The second-order valence-corrected chi connectivity index (χ2v) is 3.76. The average Bonchev–Trinajstić information content (AvgIpc) is 2.18. The molecular weight excluding hydrogens is 202 g/mol. The predicted octanol–water partition coefficient (Wildman–Crippen LogP) is 1.09. The lowest BCUT2D eigenvalue weighted by atomic mass is 10.1. The van der Waals surface area contributed by atoms with Gasteiger partial charge in [-0.25, -0.2) is 9.97 Å². The Morgan fingerprint density at radius 1 is 1.57 bits per heavy atom. The van der Waals surface area contributed by atoms with E-state index in [1.54, 1.807) is 6.20 Å². The van der Waals surface area contributed by atoms with Gasteiger partial charge in [0.1, 0.15) is 5.82 Å². The van der Waals surface area contributed by atoms with Crippen molar-refractivity contribution >= 4 is 17.4 Å². The molecule has 14 heavy (non-hydrogen) atoms. The van der Waals surface area contributed by atoms with Crippen LogP contribution in [0.15, 0.2) is 12.3 Å². The molecule has 76 valence electrons. The lowest BCUT2D eigenvalue weighted by molar-refractivity contribution is 0.154. The van der Waals surface area contributed by atoms with Crippen LogP contribution in [0.25, 0.3) is 0 Å². The third-order valence-electron chi connectivity index (χ3n) is 2.33. The number of halogens is 1. The number of rotatable bonds is 1. The molecule has 5 heteroatoms. The highest BCUT2D eigenvalue weighted by molar-refractivity contribution is 6.28. The maximum Gasteiger partial charge on any atom is 0.224 e. The van der Waals surface area contributed by atoms with Crippen LogP contribution in [0.1, 0.15) is 12.8 Å². The van der Waals surface area contributed by atoms with Gasteiger partial charge in [-0.2, -0.15) is 0 Å². The van der Waals surface area contributed by atoms with Crippen molar-refractivity contribution in [1.29, 1.82) is 0 Å². The normalized spacial score (nSPS) is 22.4. The van der Waals surface area contributed by atoms with Gasteiger partial charge in [0.15, 0.2) is 0 Å². The van der Waals surface area contributed by atoms with Gasteiger partial charge in [0, 0.05) is 19.3 Å². The van der Waals surface area contributed by atoms with Gasteiger partial charge < -0.3 is 10.0 Å². The highest BCUT2D eigenvalue weighted by Crippen LogP contribution is 2.18. The van der Waals surface area contributed by atoms with Gasteiger partial charge >= 0.3 is 0 Å². The minimum atomic E-state index is -0.252. The first-order valence-electron chi connectivity index (χ1n) is 4.67. The summed E-state index contributed by atoms with van der Waals surface area (Å²) in [5.41, 5.74) is 0. The Kier molecular flexibility index (Phi) is 2.84. The highest BCUT2D eigenvalue weighted by Gasteiger charge is 2.18. The van der Waals surface area contributed by atoms with E-state index in [2.05, 4.69) is 9.97 Å². The van der Waals surface area contributed by atoms with Crippen molar-refractivity contribution in [2.75, 3.05) is 18.0 Å². The standard InChI is InChI=1S/C9H12ClN3O/c10-9-11-4-3-8(12-9)13-5-1-2-7(14)6-13/h3-4,7,14H,1-2,5-6H2/t7-/m0/s1. The Bertz CT molecular complexity index is 321. The minimum absolute atomic E-state index is 0.252. The van der Waals surface area contributed by atoms with Crippen LogP contribution in [-0.2, 0) is 0 Å². The van der Waals surface area contributed by atoms with E-state index in [1.807, 2.05) is 11.0 Å². The minimum Gasteiger partial charge on any atom is -0.391 e. The second kappa shape index (κ2) is 4.11. The van der Waals surface area contributed by atoms with Crippen molar-refractivity contribution in [1.82, 2.24) is 9.97 Å². The molecule has 0 unspecified atom stereocenters.